The Kier molecular flexibility index (Phi) is 4.76. The lowest BCUT2D eigenvalue weighted by Gasteiger charge is -2.10. The number of ether oxygens (including phenoxy) is 1. The Morgan fingerprint density at radius 1 is 1.30 bits per heavy atom. The van der Waals surface area contributed by atoms with Crippen molar-refractivity contribution in [3.05, 3.63) is 58.2 Å². The fourth-order valence-electron chi connectivity index (χ4n) is 1.66. The molecular formula is C14H5Cl2FN2O3S. The van der Waals surface area contributed by atoms with Crippen molar-refractivity contribution in [3.8, 4) is 17.6 Å². The molecule has 2 rings (SSSR count). The summed E-state index contributed by atoms with van der Waals surface area (Å²) < 4.78 is 41.8. The van der Waals surface area contributed by atoms with E-state index in [1.165, 1.54) is 18.2 Å². The maximum atomic E-state index is 14.1. The fraction of sp³-hybridized carbons (Fsp3) is 0. The molecule has 0 aliphatic heterocycles. The number of nitrogens with zero attached hydrogens (tertiary/aromatic N) is 2. The van der Waals surface area contributed by atoms with E-state index in [0.29, 0.717) is 6.07 Å². The summed E-state index contributed by atoms with van der Waals surface area (Å²) in [4.78, 5) is 2.61. The van der Waals surface area contributed by atoms with Gasteiger partial charge >= 0.3 is 0 Å². The van der Waals surface area contributed by atoms with Crippen molar-refractivity contribution in [2.24, 2.45) is 0 Å². The van der Waals surface area contributed by atoms with Crippen molar-refractivity contribution in [2.75, 3.05) is 0 Å². The van der Waals surface area contributed by atoms with E-state index < -0.39 is 25.5 Å². The van der Waals surface area contributed by atoms with Crippen LogP contribution in [-0.2, 0) is 9.05 Å². The lowest BCUT2D eigenvalue weighted by atomic mass is 10.2. The summed E-state index contributed by atoms with van der Waals surface area (Å²) >= 11 is 5.85. The maximum absolute atomic E-state index is 14.1. The van der Waals surface area contributed by atoms with E-state index in [1.54, 1.807) is 6.07 Å². The molecule has 9 heteroatoms. The van der Waals surface area contributed by atoms with Gasteiger partial charge in [-0.2, -0.15) is 5.26 Å². The molecule has 0 radical (unpaired) electrons. The summed E-state index contributed by atoms with van der Waals surface area (Å²) in [6.07, 6.45) is 0. The average Bonchev–Trinajstić information content (AvgIpc) is 2.48. The highest BCUT2D eigenvalue weighted by Crippen LogP contribution is 2.35. The first-order valence-electron chi connectivity index (χ1n) is 5.79. The van der Waals surface area contributed by atoms with Crippen LogP contribution in [0.3, 0.4) is 0 Å². The Hall–Kier alpha value is -2.32. The van der Waals surface area contributed by atoms with E-state index in [4.69, 9.17) is 38.9 Å². The quantitative estimate of drug-likeness (QED) is 0.583. The Bertz CT molecular complexity index is 979. The molecule has 0 heterocycles. The van der Waals surface area contributed by atoms with Crippen LogP contribution in [0.4, 0.5) is 10.1 Å². The summed E-state index contributed by atoms with van der Waals surface area (Å²) in [6, 6.07) is 7.20. The summed E-state index contributed by atoms with van der Waals surface area (Å²) in [5.41, 5.74) is -0.168. The van der Waals surface area contributed by atoms with E-state index in [1.807, 2.05) is 0 Å². The van der Waals surface area contributed by atoms with Crippen molar-refractivity contribution in [3.63, 3.8) is 0 Å². The second-order valence-electron chi connectivity index (χ2n) is 4.16. The molecule has 0 spiro atoms. The van der Waals surface area contributed by atoms with Crippen molar-refractivity contribution in [1.82, 2.24) is 0 Å². The van der Waals surface area contributed by atoms with E-state index in [2.05, 4.69) is 4.85 Å². The molecule has 2 aromatic rings. The van der Waals surface area contributed by atoms with Gasteiger partial charge in [-0.15, -0.1) is 0 Å². The number of nitriles is 1. The van der Waals surface area contributed by atoms with Gasteiger partial charge in [-0.25, -0.2) is 17.7 Å². The Labute approximate surface area is 140 Å². The van der Waals surface area contributed by atoms with Gasteiger partial charge < -0.3 is 4.74 Å². The third-order valence-corrected chi connectivity index (χ3v) is 4.31. The Balaban J connectivity index is 2.51. The van der Waals surface area contributed by atoms with Crippen LogP contribution in [-0.4, -0.2) is 8.42 Å². The van der Waals surface area contributed by atoms with Crippen molar-refractivity contribution in [2.45, 2.75) is 4.90 Å². The number of benzene rings is 2. The molecule has 0 saturated carbocycles. The molecule has 0 unspecified atom stereocenters. The predicted octanol–water partition coefficient (Wildman–Crippen LogP) is 4.62. The van der Waals surface area contributed by atoms with Crippen molar-refractivity contribution < 1.29 is 17.5 Å². The van der Waals surface area contributed by atoms with Gasteiger partial charge in [-0.05, 0) is 24.3 Å². The number of hydrogen-bond acceptors (Lipinski definition) is 4. The van der Waals surface area contributed by atoms with Gasteiger partial charge in [0.1, 0.15) is 11.8 Å². The zero-order valence-electron chi connectivity index (χ0n) is 11.0. The number of halogens is 3. The second-order valence-corrected chi connectivity index (χ2v) is 7.13. The molecule has 0 bridgehead atoms. The summed E-state index contributed by atoms with van der Waals surface area (Å²) in [6.45, 7) is 6.88. The lowest BCUT2D eigenvalue weighted by molar-refractivity contribution is 0.439. The van der Waals surface area contributed by atoms with Crippen LogP contribution < -0.4 is 4.74 Å². The zero-order valence-corrected chi connectivity index (χ0v) is 13.4. The van der Waals surface area contributed by atoms with Crippen LogP contribution >= 0.6 is 22.3 Å². The molecule has 0 aliphatic carbocycles. The first kappa shape index (κ1) is 17.0. The third-order valence-electron chi connectivity index (χ3n) is 2.68. The minimum atomic E-state index is -4.19. The molecule has 5 nitrogen and oxygen atoms in total. The van der Waals surface area contributed by atoms with Crippen LogP contribution in [0.15, 0.2) is 35.2 Å². The van der Waals surface area contributed by atoms with Gasteiger partial charge in [0.05, 0.1) is 22.1 Å². The monoisotopic (exact) mass is 370 g/mol. The van der Waals surface area contributed by atoms with Gasteiger partial charge in [0.2, 0.25) is 5.69 Å². The molecular weight excluding hydrogens is 366 g/mol. The lowest BCUT2D eigenvalue weighted by Crippen LogP contribution is -1.98. The summed E-state index contributed by atoms with van der Waals surface area (Å²) in [5.74, 6) is -1.46. The number of rotatable bonds is 3. The molecule has 0 fully saturated rings. The normalized spacial score (nSPS) is 10.7. The van der Waals surface area contributed by atoms with Gasteiger partial charge in [-0.3, -0.25) is 0 Å². The van der Waals surface area contributed by atoms with Crippen LogP contribution in [0.25, 0.3) is 4.85 Å². The Morgan fingerprint density at radius 3 is 2.52 bits per heavy atom. The minimum absolute atomic E-state index is 0.0827. The van der Waals surface area contributed by atoms with Crippen LogP contribution in [0.5, 0.6) is 11.5 Å². The standard InChI is InChI=1S/C14H5Cl2FN2O3S/c1-19-13-3-2-9(5-11(13)15)22-14-8(7-18)4-10(6-12(14)17)23(16,20)21/h2-6H. The second kappa shape index (κ2) is 6.43. The largest absolute Gasteiger partial charge is 0.453 e. The van der Waals surface area contributed by atoms with Crippen molar-refractivity contribution in [1.29, 1.82) is 5.26 Å². The van der Waals surface area contributed by atoms with E-state index in [9.17, 15) is 12.8 Å². The molecule has 23 heavy (non-hydrogen) atoms. The molecule has 0 aliphatic rings. The highest BCUT2D eigenvalue weighted by atomic mass is 35.7. The van der Waals surface area contributed by atoms with Gasteiger partial charge in [0.15, 0.2) is 11.6 Å². The topological polar surface area (TPSA) is 71.5 Å². The first-order valence-corrected chi connectivity index (χ1v) is 8.48. The molecule has 0 amide bonds. The van der Waals surface area contributed by atoms with E-state index in [-0.39, 0.29) is 22.0 Å². The highest BCUT2D eigenvalue weighted by Gasteiger charge is 2.19. The number of hydrogen-bond donors (Lipinski definition) is 0. The minimum Gasteiger partial charge on any atom is -0.453 e. The SMILES string of the molecule is [C-]#[N+]c1ccc(Oc2c(F)cc(S(=O)(=O)Cl)cc2C#N)cc1Cl. The molecule has 116 valence electrons. The maximum Gasteiger partial charge on any atom is 0.261 e. The fourth-order valence-corrected chi connectivity index (χ4v) is 2.64. The van der Waals surface area contributed by atoms with Crippen LogP contribution in [0.2, 0.25) is 5.02 Å². The summed E-state index contributed by atoms with van der Waals surface area (Å²) in [5, 5.41) is 9.14. The Morgan fingerprint density at radius 2 is 2.00 bits per heavy atom. The summed E-state index contributed by atoms with van der Waals surface area (Å²) in [7, 11) is 0.944. The molecule has 0 aromatic heterocycles. The van der Waals surface area contributed by atoms with Crippen molar-refractivity contribution >= 4 is 37.0 Å². The van der Waals surface area contributed by atoms with Gasteiger partial charge in [0.25, 0.3) is 9.05 Å². The van der Waals surface area contributed by atoms with Gasteiger partial charge in [0, 0.05) is 10.7 Å². The first-order chi connectivity index (χ1) is 10.8. The predicted molar refractivity (Wildman–Crippen MR) is 81.9 cm³/mol. The van der Waals surface area contributed by atoms with E-state index in [0.717, 1.165) is 6.07 Å². The smallest absolute Gasteiger partial charge is 0.261 e. The zero-order chi connectivity index (χ0) is 17.2. The van der Waals surface area contributed by atoms with Crippen LogP contribution in [0, 0.1) is 23.7 Å². The molecule has 0 saturated heterocycles. The van der Waals surface area contributed by atoms with Gasteiger partial charge in [-0.1, -0.05) is 17.7 Å². The third kappa shape index (κ3) is 3.72. The van der Waals surface area contributed by atoms with Crippen LogP contribution in [0.1, 0.15) is 5.56 Å². The average molecular weight is 371 g/mol. The molecule has 0 N–H and O–H groups in total. The highest BCUT2D eigenvalue weighted by molar-refractivity contribution is 8.13. The van der Waals surface area contributed by atoms with E-state index >= 15 is 0 Å². The molecule has 2 aromatic carbocycles. The molecule has 0 atom stereocenters.